The van der Waals surface area contributed by atoms with E-state index >= 15 is 0 Å². The van der Waals surface area contributed by atoms with Crippen molar-refractivity contribution >= 4 is 34.0 Å². The van der Waals surface area contributed by atoms with E-state index in [2.05, 4.69) is 20.6 Å². The summed E-state index contributed by atoms with van der Waals surface area (Å²) in [7, 11) is 0. The van der Waals surface area contributed by atoms with E-state index in [1.807, 2.05) is 48.5 Å². The first-order valence-corrected chi connectivity index (χ1v) is 9.61. The Morgan fingerprint density at radius 1 is 0.733 bits per heavy atom. The molecule has 2 aromatic heterocycles. The Hall–Kier alpha value is -4.06. The number of hydrogen-bond donors (Lipinski definition) is 2. The lowest BCUT2D eigenvalue weighted by Gasteiger charge is -2.08. The molecule has 0 aliphatic rings. The van der Waals surface area contributed by atoms with Gasteiger partial charge in [-0.15, -0.1) is 0 Å². The fourth-order valence-corrected chi connectivity index (χ4v) is 3.10. The van der Waals surface area contributed by atoms with Gasteiger partial charge in [-0.3, -0.25) is 19.6 Å². The van der Waals surface area contributed by atoms with Crippen LogP contribution < -0.4 is 10.6 Å². The summed E-state index contributed by atoms with van der Waals surface area (Å²) in [6, 6.07) is 18.5. The van der Waals surface area contributed by atoms with Crippen molar-refractivity contribution in [1.82, 2.24) is 9.97 Å². The zero-order valence-corrected chi connectivity index (χ0v) is 16.2. The summed E-state index contributed by atoms with van der Waals surface area (Å²) in [6.45, 7) is 0. The minimum absolute atomic E-state index is 0.0431. The Morgan fingerprint density at radius 3 is 2.27 bits per heavy atom. The van der Waals surface area contributed by atoms with Crippen LogP contribution in [0.2, 0.25) is 0 Å². The molecular weight excluding hydrogens is 376 g/mol. The second-order valence-corrected chi connectivity index (χ2v) is 6.87. The van der Waals surface area contributed by atoms with Crippen molar-refractivity contribution in [3.8, 4) is 0 Å². The van der Waals surface area contributed by atoms with Gasteiger partial charge in [0.1, 0.15) is 0 Å². The van der Waals surface area contributed by atoms with Crippen molar-refractivity contribution in [1.29, 1.82) is 0 Å². The van der Waals surface area contributed by atoms with Crippen LogP contribution in [0.3, 0.4) is 0 Å². The highest BCUT2D eigenvalue weighted by Crippen LogP contribution is 2.18. The summed E-state index contributed by atoms with van der Waals surface area (Å²) in [5.41, 5.74) is 3.05. The summed E-state index contributed by atoms with van der Waals surface area (Å²) in [4.78, 5) is 32.5. The molecule has 0 saturated carbocycles. The van der Waals surface area contributed by atoms with Crippen molar-refractivity contribution in [2.45, 2.75) is 12.8 Å². The fraction of sp³-hybridized carbons (Fsp3) is 0.0833. The molecule has 6 heteroatoms. The predicted molar refractivity (Wildman–Crippen MR) is 117 cm³/mol. The molecule has 2 N–H and O–H groups in total. The van der Waals surface area contributed by atoms with Gasteiger partial charge in [-0.25, -0.2) is 0 Å². The molecule has 0 aliphatic carbocycles. The maximum absolute atomic E-state index is 12.3. The summed E-state index contributed by atoms with van der Waals surface area (Å²) < 4.78 is 0. The topological polar surface area (TPSA) is 84.0 Å². The van der Waals surface area contributed by atoms with Crippen molar-refractivity contribution in [3.05, 3.63) is 96.6 Å². The number of aryl methyl sites for hydroxylation is 1. The van der Waals surface area contributed by atoms with E-state index in [4.69, 9.17) is 0 Å². The Bertz CT molecular complexity index is 1170. The summed E-state index contributed by atoms with van der Waals surface area (Å²) in [5, 5.41) is 7.85. The summed E-state index contributed by atoms with van der Waals surface area (Å²) in [5.74, 6) is -0.228. The molecule has 2 amide bonds. The van der Waals surface area contributed by atoms with Gasteiger partial charge in [0.25, 0.3) is 5.91 Å². The molecule has 0 radical (unpaired) electrons. The molecule has 30 heavy (non-hydrogen) atoms. The first kappa shape index (κ1) is 19.3. The van der Waals surface area contributed by atoms with Gasteiger partial charge in [0.05, 0.1) is 0 Å². The molecule has 4 aromatic rings. The predicted octanol–water partition coefficient (Wildman–Crippen LogP) is 4.45. The number of pyridine rings is 2. The third-order valence-corrected chi connectivity index (χ3v) is 4.72. The lowest BCUT2D eigenvalue weighted by molar-refractivity contribution is -0.116. The lowest BCUT2D eigenvalue weighted by Crippen LogP contribution is -2.13. The number of anilines is 2. The van der Waals surface area contributed by atoms with Gasteiger partial charge in [0.15, 0.2) is 0 Å². The molecule has 0 spiro atoms. The van der Waals surface area contributed by atoms with Crippen LogP contribution in [-0.4, -0.2) is 21.8 Å². The van der Waals surface area contributed by atoms with E-state index < -0.39 is 0 Å². The average molecular weight is 396 g/mol. The lowest BCUT2D eigenvalue weighted by atomic mass is 10.1. The van der Waals surface area contributed by atoms with Crippen LogP contribution in [0.5, 0.6) is 0 Å². The Morgan fingerprint density at radius 2 is 1.47 bits per heavy atom. The number of aromatic nitrogens is 2. The molecule has 0 unspecified atom stereocenters. The Balaban J connectivity index is 1.30. The number of hydrogen-bond acceptors (Lipinski definition) is 4. The van der Waals surface area contributed by atoms with E-state index in [0.29, 0.717) is 24.1 Å². The summed E-state index contributed by atoms with van der Waals surface area (Å²) in [6.07, 6.45) is 7.68. The van der Waals surface area contributed by atoms with E-state index in [1.54, 1.807) is 36.9 Å². The van der Waals surface area contributed by atoms with Gasteiger partial charge in [0.2, 0.25) is 5.91 Å². The molecule has 6 nitrogen and oxygen atoms in total. The molecule has 2 aromatic carbocycles. The molecule has 4 rings (SSSR count). The Kier molecular flexibility index (Phi) is 5.75. The maximum atomic E-state index is 12.3. The standard InChI is InChI=1S/C24H20N4O2/c29-23(27-22-7-4-20-16-26-14-11-19(20)15-22)8-3-17-1-5-21(6-2-17)28-24(30)18-9-12-25-13-10-18/h1-2,4-7,9-16H,3,8H2,(H,27,29)(H,28,30). The second-order valence-electron chi connectivity index (χ2n) is 6.87. The number of rotatable bonds is 6. The van der Waals surface area contributed by atoms with Crippen LogP contribution in [0.15, 0.2) is 85.5 Å². The third-order valence-electron chi connectivity index (χ3n) is 4.72. The minimum Gasteiger partial charge on any atom is -0.326 e. The van der Waals surface area contributed by atoms with Gasteiger partial charge >= 0.3 is 0 Å². The summed E-state index contributed by atoms with van der Waals surface area (Å²) >= 11 is 0. The third kappa shape index (κ3) is 4.86. The molecule has 0 aliphatic heterocycles. The number of nitrogens with one attached hydrogen (secondary N) is 2. The van der Waals surface area contributed by atoms with Crippen molar-refractivity contribution in [3.63, 3.8) is 0 Å². The van der Waals surface area contributed by atoms with Gasteiger partial charge in [-0.1, -0.05) is 18.2 Å². The maximum Gasteiger partial charge on any atom is 0.255 e. The SMILES string of the molecule is O=C(CCc1ccc(NC(=O)c2ccncc2)cc1)Nc1ccc2cnccc2c1. The average Bonchev–Trinajstić information content (AvgIpc) is 2.79. The quantitative estimate of drug-likeness (QED) is 0.504. The zero-order chi connectivity index (χ0) is 20.8. The molecule has 0 bridgehead atoms. The largest absolute Gasteiger partial charge is 0.326 e. The fourth-order valence-electron chi connectivity index (χ4n) is 3.10. The van der Waals surface area contributed by atoms with Crippen LogP contribution >= 0.6 is 0 Å². The van der Waals surface area contributed by atoms with Crippen LogP contribution in [0, 0.1) is 0 Å². The molecule has 148 valence electrons. The number of amides is 2. The van der Waals surface area contributed by atoms with E-state index in [-0.39, 0.29) is 11.8 Å². The number of nitrogens with zero attached hydrogens (tertiary/aromatic N) is 2. The second kappa shape index (κ2) is 8.96. The van der Waals surface area contributed by atoms with Crippen molar-refractivity contribution in [2.75, 3.05) is 10.6 Å². The number of fused-ring (bicyclic) bond motifs is 1. The zero-order valence-electron chi connectivity index (χ0n) is 16.2. The van der Waals surface area contributed by atoms with E-state index in [9.17, 15) is 9.59 Å². The van der Waals surface area contributed by atoms with Crippen molar-refractivity contribution in [2.24, 2.45) is 0 Å². The highest BCUT2D eigenvalue weighted by molar-refractivity contribution is 6.04. The monoisotopic (exact) mass is 396 g/mol. The first-order chi connectivity index (χ1) is 14.7. The molecule has 2 heterocycles. The normalized spacial score (nSPS) is 10.5. The van der Waals surface area contributed by atoms with Crippen molar-refractivity contribution < 1.29 is 9.59 Å². The first-order valence-electron chi connectivity index (χ1n) is 9.61. The number of carbonyl (C=O) groups is 2. The van der Waals surface area contributed by atoms with Gasteiger partial charge in [-0.05, 0) is 59.8 Å². The molecular formula is C24H20N4O2. The number of benzene rings is 2. The van der Waals surface area contributed by atoms with E-state index in [0.717, 1.165) is 22.0 Å². The number of carbonyl (C=O) groups excluding carboxylic acids is 2. The van der Waals surface area contributed by atoms with Crippen LogP contribution in [0.25, 0.3) is 10.8 Å². The van der Waals surface area contributed by atoms with Gasteiger partial charge in [0, 0.05) is 53.5 Å². The highest BCUT2D eigenvalue weighted by Gasteiger charge is 2.07. The van der Waals surface area contributed by atoms with Crippen LogP contribution in [-0.2, 0) is 11.2 Å². The van der Waals surface area contributed by atoms with E-state index in [1.165, 1.54) is 0 Å². The molecule has 0 saturated heterocycles. The van der Waals surface area contributed by atoms with Gasteiger partial charge < -0.3 is 10.6 Å². The van der Waals surface area contributed by atoms with Crippen LogP contribution in [0.1, 0.15) is 22.3 Å². The van der Waals surface area contributed by atoms with Crippen LogP contribution in [0.4, 0.5) is 11.4 Å². The Labute approximate surface area is 174 Å². The smallest absolute Gasteiger partial charge is 0.255 e. The molecule has 0 atom stereocenters. The minimum atomic E-state index is -0.185. The van der Waals surface area contributed by atoms with Gasteiger partial charge in [-0.2, -0.15) is 0 Å². The molecule has 0 fully saturated rings. The highest BCUT2D eigenvalue weighted by atomic mass is 16.2.